The zero-order valence-corrected chi connectivity index (χ0v) is 23.3. The Morgan fingerprint density at radius 1 is 0.892 bits per heavy atom. The molecule has 0 radical (unpaired) electrons. The molecule has 37 heavy (non-hydrogen) atoms. The third kappa shape index (κ3) is 4.80. The van der Waals surface area contributed by atoms with Gasteiger partial charge in [0.05, 0.1) is 45.6 Å². The lowest BCUT2D eigenvalue weighted by atomic mass is 9.71. The summed E-state index contributed by atoms with van der Waals surface area (Å²) in [6.07, 6.45) is 0.877. The lowest BCUT2D eigenvalue weighted by molar-refractivity contribution is -0.136. The fourth-order valence-electron chi connectivity index (χ4n) is 5.20. The molecule has 1 aliphatic carbocycles. The molecule has 2 atom stereocenters. The van der Waals surface area contributed by atoms with Crippen LogP contribution in [0, 0.1) is 0 Å². The van der Waals surface area contributed by atoms with E-state index in [1.54, 1.807) is 34.5 Å². The summed E-state index contributed by atoms with van der Waals surface area (Å²) in [7, 11) is 7.61. The average molecular weight is 572 g/mol. The second kappa shape index (κ2) is 10.9. The minimum atomic E-state index is -0.626. The second-order valence-electron chi connectivity index (χ2n) is 8.86. The topological polar surface area (TPSA) is 92.3 Å². The van der Waals surface area contributed by atoms with Crippen LogP contribution in [0.25, 0.3) is 0 Å². The van der Waals surface area contributed by atoms with Crippen LogP contribution < -0.4 is 24.3 Å². The Labute approximate surface area is 224 Å². The van der Waals surface area contributed by atoms with Crippen molar-refractivity contribution >= 4 is 27.7 Å². The van der Waals surface area contributed by atoms with Crippen LogP contribution >= 0.6 is 15.9 Å². The molecule has 196 valence electrons. The SMILES string of the molecule is COC(=O)C1=C(C)NC2=C(C(=O)C[C@H](c3ccc(OC)c(OC)c3)C2)[C@H]1c1cc(Br)c(OC)c(OC)c1. The molecule has 0 spiro atoms. The van der Waals surface area contributed by atoms with E-state index >= 15 is 0 Å². The van der Waals surface area contributed by atoms with E-state index in [-0.39, 0.29) is 18.1 Å². The predicted molar refractivity (Wildman–Crippen MR) is 141 cm³/mol. The van der Waals surface area contributed by atoms with Crippen LogP contribution in [0.15, 0.2) is 57.3 Å². The van der Waals surface area contributed by atoms with Crippen molar-refractivity contribution in [3.8, 4) is 23.0 Å². The number of benzene rings is 2. The summed E-state index contributed by atoms with van der Waals surface area (Å²) in [5, 5.41) is 3.34. The number of ether oxygens (including phenoxy) is 5. The molecule has 0 fully saturated rings. The van der Waals surface area contributed by atoms with E-state index in [1.807, 2.05) is 31.2 Å². The fourth-order valence-corrected chi connectivity index (χ4v) is 5.82. The van der Waals surface area contributed by atoms with Gasteiger partial charge in [-0.1, -0.05) is 6.07 Å². The van der Waals surface area contributed by atoms with Crippen molar-refractivity contribution in [2.75, 3.05) is 35.5 Å². The van der Waals surface area contributed by atoms with Crippen LogP contribution in [-0.2, 0) is 14.3 Å². The number of Topliss-reactive ketones (excluding diaryl/α,β-unsaturated/α-hetero) is 1. The van der Waals surface area contributed by atoms with E-state index in [0.717, 1.165) is 16.8 Å². The van der Waals surface area contributed by atoms with Crippen molar-refractivity contribution in [3.63, 3.8) is 0 Å². The second-order valence-corrected chi connectivity index (χ2v) is 9.72. The molecule has 4 rings (SSSR count). The highest BCUT2D eigenvalue weighted by molar-refractivity contribution is 9.10. The van der Waals surface area contributed by atoms with Gasteiger partial charge in [0.1, 0.15) is 0 Å². The van der Waals surface area contributed by atoms with E-state index < -0.39 is 11.9 Å². The molecule has 2 aliphatic rings. The summed E-state index contributed by atoms with van der Waals surface area (Å²) in [4.78, 5) is 26.8. The Morgan fingerprint density at radius 2 is 1.57 bits per heavy atom. The van der Waals surface area contributed by atoms with Crippen LogP contribution in [-0.4, -0.2) is 47.3 Å². The van der Waals surface area contributed by atoms with Crippen molar-refractivity contribution < 1.29 is 33.3 Å². The number of esters is 1. The van der Waals surface area contributed by atoms with E-state index in [2.05, 4.69) is 21.2 Å². The number of rotatable bonds is 7. The lowest BCUT2D eigenvalue weighted by Crippen LogP contribution is -2.36. The van der Waals surface area contributed by atoms with Gasteiger partial charge < -0.3 is 29.0 Å². The molecule has 0 saturated carbocycles. The summed E-state index contributed by atoms with van der Waals surface area (Å²) in [6.45, 7) is 1.82. The van der Waals surface area contributed by atoms with Crippen LogP contribution in [0.2, 0.25) is 0 Å². The summed E-state index contributed by atoms with van der Waals surface area (Å²) in [5.41, 5.74) is 4.07. The number of ketones is 1. The molecule has 9 heteroatoms. The van der Waals surface area contributed by atoms with Gasteiger partial charge in [-0.3, -0.25) is 4.79 Å². The van der Waals surface area contributed by atoms with Gasteiger partial charge in [-0.15, -0.1) is 0 Å². The maximum Gasteiger partial charge on any atom is 0.336 e. The first-order chi connectivity index (χ1) is 17.8. The number of nitrogens with one attached hydrogen (secondary N) is 1. The van der Waals surface area contributed by atoms with E-state index in [0.29, 0.717) is 50.7 Å². The van der Waals surface area contributed by atoms with Gasteiger partial charge in [0.2, 0.25) is 0 Å². The van der Waals surface area contributed by atoms with Crippen molar-refractivity contribution in [3.05, 3.63) is 68.5 Å². The Bertz CT molecular complexity index is 1310. The largest absolute Gasteiger partial charge is 0.493 e. The zero-order valence-electron chi connectivity index (χ0n) is 21.7. The van der Waals surface area contributed by atoms with Crippen molar-refractivity contribution in [2.45, 2.75) is 31.6 Å². The molecular formula is C28H30BrNO7. The fraction of sp³-hybridized carbons (Fsp3) is 0.357. The molecule has 0 amide bonds. The smallest absolute Gasteiger partial charge is 0.336 e. The number of hydrogen-bond acceptors (Lipinski definition) is 8. The number of carbonyl (C=O) groups is 2. The number of halogens is 1. The Hall–Kier alpha value is -3.46. The first-order valence-electron chi connectivity index (χ1n) is 11.7. The van der Waals surface area contributed by atoms with Gasteiger partial charge in [0, 0.05) is 29.3 Å². The molecule has 8 nitrogen and oxygen atoms in total. The molecule has 0 aromatic heterocycles. The molecule has 2 aromatic carbocycles. The minimum absolute atomic E-state index is 0.0432. The summed E-state index contributed by atoms with van der Waals surface area (Å²) in [5.74, 6) is 1.02. The van der Waals surface area contributed by atoms with Gasteiger partial charge in [-0.05, 0) is 70.6 Å². The number of carbonyl (C=O) groups excluding carboxylic acids is 2. The summed E-state index contributed by atoms with van der Waals surface area (Å²) < 4.78 is 27.6. The van der Waals surface area contributed by atoms with Crippen LogP contribution in [0.1, 0.15) is 42.7 Å². The third-order valence-electron chi connectivity index (χ3n) is 6.90. The van der Waals surface area contributed by atoms with Crippen LogP contribution in [0.5, 0.6) is 23.0 Å². The zero-order chi connectivity index (χ0) is 26.9. The molecule has 1 aliphatic heterocycles. The van der Waals surface area contributed by atoms with Crippen molar-refractivity contribution in [1.29, 1.82) is 0 Å². The number of allylic oxidation sites excluding steroid dienone is 3. The highest BCUT2D eigenvalue weighted by Crippen LogP contribution is 2.48. The van der Waals surface area contributed by atoms with Gasteiger partial charge >= 0.3 is 5.97 Å². The van der Waals surface area contributed by atoms with Gasteiger partial charge in [-0.2, -0.15) is 0 Å². The van der Waals surface area contributed by atoms with Gasteiger partial charge in [0.25, 0.3) is 0 Å². The van der Waals surface area contributed by atoms with E-state index in [1.165, 1.54) is 7.11 Å². The quantitative estimate of drug-likeness (QED) is 0.463. The van der Waals surface area contributed by atoms with Gasteiger partial charge in [-0.25, -0.2) is 4.79 Å². The molecule has 1 N–H and O–H groups in total. The molecule has 0 bridgehead atoms. The first kappa shape index (κ1) is 26.6. The number of dihydropyridines is 1. The number of methoxy groups -OCH3 is 5. The van der Waals surface area contributed by atoms with Crippen molar-refractivity contribution in [1.82, 2.24) is 5.32 Å². The normalized spacial score (nSPS) is 19.2. The van der Waals surface area contributed by atoms with Crippen LogP contribution in [0.4, 0.5) is 0 Å². The highest BCUT2D eigenvalue weighted by Gasteiger charge is 2.42. The van der Waals surface area contributed by atoms with E-state index in [4.69, 9.17) is 23.7 Å². The summed E-state index contributed by atoms with van der Waals surface area (Å²) in [6, 6.07) is 9.37. The first-order valence-corrected chi connectivity index (χ1v) is 12.5. The maximum atomic E-state index is 13.8. The maximum absolute atomic E-state index is 13.8. The van der Waals surface area contributed by atoms with E-state index in [9.17, 15) is 9.59 Å². The molecule has 2 aromatic rings. The Kier molecular flexibility index (Phi) is 7.82. The molecule has 1 heterocycles. The van der Waals surface area contributed by atoms with Crippen molar-refractivity contribution in [2.24, 2.45) is 0 Å². The highest BCUT2D eigenvalue weighted by atomic mass is 79.9. The monoisotopic (exact) mass is 571 g/mol. The minimum Gasteiger partial charge on any atom is -0.493 e. The standard InChI is InChI=1S/C28H30BrNO7/c1-14-24(28(32)37-6)25(17-9-18(29)27(36-5)23(13-17)35-4)26-19(30-14)10-16(11-20(26)31)15-7-8-21(33-2)22(12-15)34-3/h7-9,12-13,16,25,30H,10-11H2,1-6H3/t16-,25+/m1/s1. The average Bonchev–Trinajstić information content (AvgIpc) is 2.90. The molecular weight excluding hydrogens is 542 g/mol. The molecule has 0 saturated heterocycles. The Morgan fingerprint density at radius 3 is 2.19 bits per heavy atom. The lowest BCUT2D eigenvalue weighted by Gasteiger charge is -2.37. The number of hydrogen-bond donors (Lipinski definition) is 1. The molecule has 0 unspecified atom stereocenters. The Balaban J connectivity index is 1.83. The third-order valence-corrected chi connectivity index (χ3v) is 7.49. The predicted octanol–water partition coefficient (Wildman–Crippen LogP) is 5.02. The summed E-state index contributed by atoms with van der Waals surface area (Å²) >= 11 is 3.55. The van der Waals surface area contributed by atoms with Gasteiger partial charge in [0.15, 0.2) is 28.8 Å². The van der Waals surface area contributed by atoms with Crippen LogP contribution in [0.3, 0.4) is 0 Å².